The van der Waals surface area contributed by atoms with Crippen LogP contribution < -0.4 is 14.8 Å². The van der Waals surface area contributed by atoms with Gasteiger partial charge in [0.15, 0.2) is 5.56 Å². The van der Waals surface area contributed by atoms with Crippen LogP contribution >= 0.6 is 0 Å². The highest BCUT2D eigenvalue weighted by molar-refractivity contribution is 5.98. The first-order valence-electron chi connectivity index (χ1n) is 6.98. The van der Waals surface area contributed by atoms with Crippen LogP contribution in [0.4, 0.5) is 0 Å². The molecular formula is C14H17N5O3. The van der Waals surface area contributed by atoms with Crippen molar-refractivity contribution in [3.63, 3.8) is 0 Å². The topological polar surface area (TPSA) is 102 Å². The molecule has 0 aromatic carbocycles. The van der Waals surface area contributed by atoms with E-state index < -0.39 is 0 Å². The molecule has 0 saturated carbocycles. The van der Waals surface area contributed by atoms with Crippen molar-refractivity contribution < 1.29 is 14.3 Å². The van der Waals surface area contributed by atoms with Crippen molar-refractivity contribution in [2.75, 3.05) is 14.2 Å². The Morgan fingerprint density at radius 1 is 1.32 bits per heavy atom. The number of aromatic amines is 1. The number of nitrogens with one attached hydrogen (secondary N) is 2. The molecule has 8 nitrogen and oxygen atoms in total. The van der Waals surface area contributed by atoms with Crippen LogP contribution in [0, 0.1) is 0 Å². The molecule has 2 N–H and O–H groups in total. The standard InChI is InChI=1S/C14H17N5O3/c1-21-13-11(14(22-2)16-7-15-13)12(20)18-9-3-4-10-8(5-9)6-17-19-10/h6-7,9H,3-5H2,1-2H3,(H,17,19)(H,18,20). The average Bonchev–Trinajstić information content (AvgIpc) is 3.01. The number of hydrogen-bond donors (Lipinski definition) is 2. The van der Waals surface area contributed by atoms with E-state index in [2.05, 4.69) is 25.5 Å². The molecule has 1 amide bonds. The normalized spacial score (nSPS) is 16.7. The van der Waals surface area contributed by atoms with Crippen LogP contribution in [-0.2, 0) is 12.8 Å². The Bertz CT molecular complexity index is 663. The van der Waals surface area contributed by atoms with E-state index in [0.29, 0.717) is 0 Å². The lowest BCUT2D eigenvalue weighted by Gasteiger charge is -2.23. The SMILES string of the molecule is COc1ncnc(OC)c1C(=O)NC1CCc2[nH]ncc2C1. The number of fused-ring (bicyclic) bond motifs is 1. The molecule has 116 valence electrons. The Morgan fingerprint density at radius 3 is 2.73 bits per heavy atom. The number of methoxy groups -OCH3 is 2. The van der Waals surface area contributed by atoms with Gasteiger partial charge in [-0.05, 0) is 24.8 Å². The first-order chi connectivity index (χ1) is 10.7. The van der Waals surface area contributed by atoms with Gasteiger partial charge in [-0.2, -0.15) is 5.10 Å². The summed E-state index contributed by atoms with van der Waals surface area (Å²) in [5.41, 5.74) is 2.49. The summed E-state index contributed by atoms with van der Waals surface area (Å²) in [6.45, 7) is 0. The molecule has 0 aliphatic heterocycles. The van der Waals surface area contributed by atoms with Gasteiger partial charge in [0.25, 0.3) is 5.91 Å². The van der Waals surface area contributed by atoms with Crippen molar-refractivity contribution in [2.24, 2.45) is 0 Å². The Morgan fingerprint density at radius 2 is 2.05 bits per heavy atom. The minimum atomic E-state index is -0.300. The van der Waals surface area contributed by atoms with E-state index in [4.69, 9.17) is 9.47 Å². The number of aryl methyl sites for hydroxylation is 1. The molecule has 0 fully saturated rings. The van der Waals surface area contributed by atoms with Gasteiger partial charge in [-0.25, -0.2) is 9.97 Å². The quantitative estimate of drug-likeness (QED) is 0.853. The molecule has 1 unspecified atom stereocenters. The zero-order chi connectivity index (χ0) is 15.5. The highest BCUT2D eigenvalue weighted by Gasteiger charge is 2.26. The second kappa shape index (κ2) is 6.00. The Balaban J connectivity index is 1.78. The van der Waals surface area contributed by atoms with Crippen LogP contribution in [0.15, 0.2) is 12.5 Å². The fraction of sp³-hybridized carbons (Fsp3) is 0.429. The highest BCUT2D eigenvalue weighted by Crippen LogP contribution is 2.24. The van der Waals surface area contributed by atoms with E-state index in [1.807, 2.05) is 0 Å². The number of carbonyl (C=O) groups excluding carboxylic acids is 1. The molecule has 3 rings (SSSR count). The summed E-state index contributed by atoms with van der Waals surface area (Å²) in [6, 6.07) is 0.0345. The van der Waals surface area contributed by atoms with Crippen LogP contribution in [-0.4, -0.2) is 46.3 Å². The van der Waals surface area contributed by atoms with Gasteiger partial charge in [0.1, 0.15) is 6.33 Å². The van der Waals surface area contributed by atoms with Crippen molar-refractivity contribution >= 4 is 5.91 Å². The van der Waals surface area contributed by atoms with Crippen molar-refractivity contribution in [1.29, 1.82) is 0 Å². The van der Waals surface area contributed by atoms with Gasteiger partial charge in [0, 0.05) is 11.7 Å². The van der Waals surface area contributed by atoms with E-state index in [0.717, 1.165) is 30.5 Å². The van der Waals surface area contributed by atoms with Crippen molar-refractivity contribution in [2.45, 2.75) is 25.3 Å². The van der Waals surface area contributed by atoms with Crippen LogP contribution in [0.1, 0.15) is 28.0 Å². The van der Waals surface area contributed by atoms with Gasteiger partial charge in [-0.15, -0.1) is 0 Å². The maximum atomic E-state index is 12.5. The summed E-state index contributed by atoms with van der Waals surface area (Å²) in [7, 11) is 2.91. The number of aromatic nitrogens is 4. The van der Waals surface area contributed by atoms with E-state index in [-0.39, 0.29) is 29.3 Å². The Hall–Kier alpha value is -2.64. The molecule has 8 heteroatoms. The van der Waals surface area contributed by atoms with Crippen LogP contribution in [0.25, 0.3) is 0 Å². The third-order valence-electron chi connectivity index (χ3n) is 3.74. The Kier molecular flexibility index (Phi) is 3.90. The lowest BCUT2D eigenvalue weighted by atomic mass is 9.93. The predicted molar refractivity (Wildman–Crippen MR) is 77.0 cm³/mol. The first-order valence-corrected chi connectivity index (χ1v) is 6.98. The monoisotopic (exact) mass is 303 g/mol. The van der Waals surface area contributed by atoms with Crippen LogP contribution in [0.2, 0.25) is 0 Å². The number of carbonyl (C=O) groups is 1. The molecule has 1 atom stereocenters. The smallest absolute Gasteiger partial charge is 0.262 e. The van der Waals surface area contributed by atoms with Crippen molar-refractivity contribution in [3.8, 4) is 11.8 Å². The summed E-state index contributed by atoms with van der Waals surface area (Å²) in [5.74, 6) is 0.0968. The predicted octanol–water partition coefficient (Wildman–Crippen LogP) is 0.504. The lowest BCUT2D eigenvalue weighted by molar-refractivity contribution is 0.0925. The van der Waals surface area contributed by atoms with Crippen molar-refractivity contribution in [3.05, 3.63) is 29.3 Å². The van der Waals surface area contributed by atoms with Gasteiger partial charge in [-0.1, -0.05) is 0 Å². The van der Waals surface area contributed by atoms with Gasteiger partial charge >= 0.3 is 0 Å². The maximum Gasteiger partial charge on any atom is 0.262 e. The number of H-pyrrole nitrogens is 1. The number of nitrogens with zero attached hydrogens (tertiary/aromatic N) is 3. The van der Waals surface area contributed by atoms with Crippen molar-refractivity contribution in [1.82, 2.24) is 25.5 Å². The minimum Gasteiger partial charge on any atom is -0.480 e. The molecule has 0 spiro atoms. The average molecular weight is 303 g/mol. The van der Waals surface area contributed by atoms with E-state index in [9.17, 15) is 4.79 Å². The number of rotatable bonds is 4. The third kappa shape index (κ3) is 2.59. The number of hydrogen-bond acceptors (Lipinski definition) is 6. The van der Waals surface area contributed by atoms with Gasteiger partial charge < -0.3 is 14.8 Å². The molecule has 0 saturated heterocycles. The van der Waals surface area contributed by atoms with Gasteiger partial charge in [0.05, 0.1) is 20.4 Å². The molecule has 0 radical (unpaired) electrons. The molecule has 0 bridgehead atoms. The number of ether oxygens (including phenoxy) is 2. The maximum absolute atomic E-state index is 12.5. The summed E-state index contributed by atoms with van der Waals surface area (Å²) in [6.07, 6.45) is 5.56. The third-order valence-corrected chi connectivity index (χ3v) is 3.74. The lowest BCUT2D eigenvalue weighted by Crippen LogP contribution is -2.39. The minimum absolute atomic E-state index is 0.0345. The summed E-state index contributed by atoms with van der Waals surface area (Å²) in [4.78, 5) is 20.5. The summed E-state index contributed by atoms with van der Waals surface area (Å²) in [5, 5.41) is 10.0. The molecule has 1 aliphatic rings. The van der Waals surface area contributed by atoms with Gasteiger partial charge in [0.2, 0.25) is 11.8 Å². The Labute approximate surface area is 127 Å². The van der Waals surface area contributed by atoms with E-state index in [1.54, 1.807) is 6.20 Å². The largest absolute Gasteiger partial charge is 0.480 e. The fourth-order valence-corrected chi connectivity index (χ4v) is 2.66. The second-order valence-electron chi connectivity index (χ2n) is 5.05. The summed E-state index contributed by atoms with van der Waals surface area (Å²) < 4.78 is 10.3. The molecular weight excluding hydrogens is 286 g/mol. The van der Waals surface area contributed by atoms with E-state index >= 15 is 0 Å². The van der Waals surface area contributed by atoms with Crippen LogP contribution in [0.3, 0.4) is 0 Å². The zero-order valence-electron chi connectivity index (χ0n) is 12.4. The molecule has 2 heterocycles. The van der Waals surface area contributed by atoms with E-state index in [1.165, 1.54) is 20.5 Å². The van der Waals surface area contributed by atoms with Gasteiger partial charge in [-0.3, -0.25) is 9.89 Å². The van der Waals surface area contributed by atoms with Crippen LogP contribution in [0.5, 0.6) is 11.8 Å². The second-order valence-corrected chi connectivity index (χ2v) is 5.05. The summed E-state index contributed by atoms with van der Waals surface area (Å²) >= 11 is 0. The highest BCUT2D eigenvalue weighted by atomic mass is 16.5. The molecule has 22 heavy (non-hydrogen) atoms. The fourth-order valence-electron chi connectivity index (χ4n) is 2.66. The first kappa shape index (κ1) is 14.3. The zero-order valence-corrected chi connectivity index (χ0v) is 12.4. The molecule has 2 aromatic heterocycles. The number of amides is 1. The molecule has 1 aliphatic carbocycles. The molecule has 2 aromatic rings.